The highest BCUT2D eigenvalue weighted by atomic mass is 16.4. The summed E-state index contributed by atoms with van der Waals surface area (Å²) >= 11 is 0. The van der Waals surface area contributed by atoms with Crippen molar-refractivity contribution in [3.8, 4) is 0 Å². The highest BCUT2D eigenvalue weighted by molar-refractivity contribution is 5.89. The second kappa shape index (κ2) is 5.29. The van der Waals surface area contributed by atoms with Crippen LogP contribution in [-0.4, -0.2) is 23.0 Å². The molecule has 0 aromatic rings. The lowest BCUT2D eigenvalue weighted by molar-refractivity contribution is -0.142. The average Bonchev–Trinajstić information content (AvgIpc) is 2.50. The van der Waals surface area contributed by atoms with Gasteiger partial charge >= 0.3 is 5.97 Å². The van der Waals surface area contributed by atoms with E-state index in [-0.39, 0.29) is 11.3 Å². The fourth-order valence-corrected chi connectivity index (χ4v) is 3.78. The van der Waals surface area contributed by atoms with Crippen molar-refractivity contribution in [3.63, 3.8) is 0 Å². The molecule has 2 aliphatic rings. The van der Waals surface area contributed by atoms with Gasteiger partial charge in [0.2, 0.25) is 5.91 Å². The zero-order valence-electron chi connectivity index (χ0n) is 11.1. The maximum atomic E-state index is 11.6. The first kappa shape index (κ1) is 13.4. The Bertz CT molecular complexity index is 342. The van der Waals surface area contributed by atoms with Crippen LogP contribution in [0.2, 0.25) is 0 Å². The number of aliphatic carboxylic acids is 1. The summed E-state index contributed by atoms with van der Waals surface area (Å²) in [6.07, 6.45) is 7.91. The quantitative estimate of drug-likeness (QED) is 0.811. The lowest BCUT2D eigenvalue weighted by Crippen LogP contribution is -2.43. The van der Waals surface area contributed by atoms with Crippen LogP contribution in [0, 0.1) is 11.3 Å². The topological polar surface area (TPSA) is 66.4 Å². The number of carbonyl (C=O) groups excluding carboxylic acids is 1. The van der Waals surface area contributed by atoms with E-state index in [2.05, 4.69) is 12.2 Å². The second-order valence-electron chi connectivity index (χ2n) is 5.96. The molecule has 1 aliphatic heterocycles. The molecule has 1 heterocycles. The van der Waals surface area contributed by atoms with E-state index < -0.39 is 12.0 Å². The van der Waals surface area contributed by atoms with Gasteiger partial charge in [-0.2, -0.15) is 0 Å². The van der Waals surface area contributed by atoms with Crippen LogP contribution < -0.4 is 5.32 Å². The minimum atomic E-state index is -0.866. The summed E-state index contributed by atoms with van der Waals surface area (Å²) < 4.78 is 0. The summed E-state index contributed by atoms with van der Waals surface area (Å²) in [4.78, 5) is 22.9. The zero-order chi connectivity index (χ0) is 13.2. The summed E-state index contributed by atoms with van der Waals surface area (Å²) in [5.41, 5.74) is -0.314. The maximum absolute atomic E-state index is 11.6. The van der Waals surface area contributed by atoms with E-state index in [1.54, 1.807) is 0 Å². The van der Waals surface area contributed by atoms with Gasteiger partial charge in [-0.05, 0) is 25.2 Å². The third-order valence-corrected chi connectivity index (χ3v) is 4.71. The van der Waals surface area contributed by atoms with Crippen LogP contribution in [0.5, 0.6) is 0 Å². The lowest BCUT2D eigenvalue weighted by atomic mass is 9.73. The summed E-state index contributed by atoms with van der Waals surface area (Å²) in [6, 6.07) is -0.662. The van der Waals surface area contributed by atoms with Crippen LogP contribution in [-0.2, 0) is 9.59 Å². The number of hydrogen-bond donors (Lipinski definition) is 2. The minimum Gasteiger partial charge on any atom is -0.480 e. The molecule has 18 heavy (non-hydrogen) atoms. The number of hydrogen-bond acceptors (Lipinski definition) is 2. The minimum absolute atomic E-state index is 0.0867. The first-order chi connectivity index (χ1) is 8.57. The fraction of sp³-hybridized carbons (Fsp3) is 0.857. The van der Waals surface area contributed by atoms with E-state index in [0.29, 0.717) is 6.42 Å². The standard InChI is InChI=1S/C14H23NO3/c1-2-4-10-5-3-7-14(8-6-10)9-11(16)15-12(14)13(17)18/h10,12H,2-9H2,1H3,(H,15,16)(H,17,18). The molecule has 2 rings (SSSR count). The van der Waals surface area contributed by atoms with E-state index in [0.717, 1.165) is 31.6 Å². The Labute approximate surface area is 108 Å². The zero-order valence-corrected chi connectivity index (χ0v) is 11.1. The lowest BCUT2D eigenvalue weighted by Gasteiger charge is -2.30. The van der Waals surface area contributed by atoms with Crippen LogP contribution in [0.25, 0.3) is 0 Å². The molecule has 102 valence electrons. The summed E-state index contributed by atoms with van der Waals surface area (Å²) in [5, 5.41) is 11.9. The highest BCUT2D eigenvalue weighted by Crippen LogP contribution is 2.46. The molecule has 4 heteroatoms. The molecule has 0 aromatic carbocycles. The van der Waals surface area contributed by atoms with E-state index in [9.17, 15) is 14.7 Å². The second-order valence-corrected chi connectivity index (χ2v) is 5.96. The van der Waals surface area contributed by atoms with Gasteiger partial charge in [-0.25, -0.2) is 4.79 Å². The number of amides is 1. The van der Waals surface area contributed by atoms with Crippen LogP contribution in [0.15, 0.2) is 0 Å². The van der Waals surface area contributed by atoms with Gasteiger partial charge in [0.1, 0.15) is 6.04 Å². The largest absolute Gasteiger partial charge is 0.480 e. The summed E-state index contributed by atoms with van der Waals surface area (Å²) in [6.45, 7) is 2.20. The Morgan fingerprint density at radius 2 is 2.22 bits per heavy atom. The Balaban J connectivity index is 2.10. The van der Waals surface area contributed by atoms with E-state index in [1.165, 1.54) is 19.3 Å². The molecule has 0 radical (unpaired) electrons. The summed E-state index contributed by atoms with van der Waals surface area (Å²) in [5.74, 6) is -0.231. The van der Waals surface area contributed by atoms with Gasteiger partial charge in [-0.3, -0.25) is 4.79 Å². The fourth-order valence-electron chi connectivity index (χ4n) is 3.78. The van der Waals surface area contributed by atoms with Gasteiger partial charge in [0.25, 0.3) is 0 Å². The molecule has 3 unspecified atom stereocenters. The van der Waals surface area contributed by atoms with Gasteiger partial charge < -0.3 is 10.4 Å². The number of carbonyl (C=O) groups is 2. The van der Waals surface area contributed by atoms with Crippen molar-refractivity contribution in [2.24, 2.45) is 11.3 Å². The molecule has 1 aliphatic carbocycles. The maximum Gasteiger partial charge on any atom is 0.326 e. The van der Waals surface area contributed by atoms with Crippen molar-refractivity contribution in [1.29, 1.82) is 0 Å². The molecule has 1 saturated carbocycles. The van der Waals surface area contributed by atoms with E-state index in [4.69, 9.17) is 0 Å². The first-order valence-corrected chi connectivity index (χ1v) is 7.09. The molecule has 2 fully saturated rings. The third-order valence-electron chi connectivity index (χ3n) is 4.71. The number of carboxylic acids is 1. The van der Waals surface area contributed by atoms with Crippen molar-refractivity contribution >= 4 is 11.9 Å². The van der Waals surface area contributed by atoms with Gasteiger partial charge in [-0.1, -0.05) is 32.6 Å². The Kier molecular flexibility index (Phi) is 3.93. The van der Waals surface area contributed by atoms with Crippen LogP contribution in [0.1, 0.15) is 58.3 Å². The molecular weight excluding hydrogens is 230 g/mol. The molecule has 1 saturated heterocycles. The summed E-state index contributed by atoms with van der Waals surface area (Å²) in [7, 11) is 0. The highest BCUT2D eigenvalue weighted by Gasteiger charge is 2.50. The molecule has 3 atom stereocenters. The number of carboxylic acid groups (broad SMARTS) is 1. The molecule has 0 aromatic heterocycles. The molecule has 2 N–H and O–H groups in total. The first-order valence-electron chi connectivity index (χ1n) is 7.09. The molecule has 1 spiro atoms. The van der Waals surface area contributed by atoms with Crippen molar-refractivity contribution < 1.29 is 14.7 Å². The Morgan fingerprint density at radius 3 is 2.89 bits per heavy atom. The average molecular weight is 253 g/mol. The Hall–Kier alpha value is -1.06. The molecule has 0 bridgehead atoms. The number of nitrogens with one attached hydrogen (secondary N) is 1. The van der Waals surface area contributed by atoms with Crippen LogP contribution >= 0.6 is 0 Å². The van der Waals surface area contributed by atoms with Gasteiger partial charge in [0.05, 0.1) is 0 Å². The smallest absolute Gasteiger partial charge is 0.326 e. The van der Waals surface area contributed by atoms with Crippen molar-refractivity contribution in [2.45, 2.75) is 64.3 Å². The van der Waals surface area contributed by atoms with Crippen LogP contribution in [0.3, 0.4) is 0 Å². The molecular formula is C14H23NO3. The van der Waals surface area contributed by atoms with Gasteiger partial charge in [0.15, 0.2) is 0 Å². The van der Waals surface area contributed by atoms with Crippen molar-refractivity contribution in [1.82, 2.24) is 5.32 Å². The molecule has 4 nitrogen and oxygen atoms in total. The predicted octanol–water partition coefficient (Wildman–Crippen LogP) is 2.33. The van der Waals surface area contributed by atoms with Crippen molar-refractivity contribution in [2.75, 3.05) is 0 Å². The third kappa shape index (κ3) is 2.52. The SMILES string of the molecule is CCCC1CCCC2(CC1)CC(=O)NC2C(=O)O. The predicted molar refractivity (Wildman–Crippen MR) is 68.1 cm³/mol. The Morgan fingerprint density at radius 1 is 1.44 bits per heavy atom. The van der Waals surface area contributed by atoms with Gasteiger partial charge in [0, 0.05) is 11.8 Å². The van der Waals surface area contributed by atoms with Crippen LogP contribution in [0.4, 0.5) is 0 Å². The van der Waals surface area contributed by atoms with Gasteiger partial charge in [-0.15, -0.1) is 0 Å². The normalized spacial score (nSPS) is 36.4. The van der Waals surface area contributed by atoms with Crippen molar-refractivity contribution in [3.05, 3.63) is 0 Å². The number of rotatable bonds is 3. The monoisotopic (exact) mass is 253 g/mol. The molecule has 1 amide bonds. The van der Waals surface area contributed by atoms with E-state index >= 15 is 0 Å². The van der Waals surface area contributed by atoms with E-state index in [1.807, 2.05) is 0 Å².